The summed E-state index contributed by atoms with van der Waals surface area (Å²) in [6, 6.07) is 14.2. The molecular weight excluding hydrogens is 340 g/mol. The van der Waals surface area contributed by atoms with Gasteiger partial charge in [-0.1, -0.05) is 41.9 Å². The fourth-order valence-corrected chi connectivity index (χ4v) is 2.85. The van der Waals surface area contributed by atoms with Gasteiger partial charge in [-0.05, 0) is 29.3 Å². The molecule has 6 heteroatoms. The molecule has 0 bridgehead atoms. The van der Waals surface area contributed by atoms with E-state index in [2.05, 4.69) is 10.6 Å². The molecule has 0 saturated heterocycles. The molecule has 0 spiro atoms. The summed E-state index contributed by atoms with van der Waals surface area (Å²) >= 11 is 5.83. The molecule has 1 atom stereocenters. The van der Waals surface area contributed by atoms with Gasteiger partial charge in [0, 0.05) is 23.6 Å². The first kappa shape index (κ1) is 17.5. The first-order valence-corrected chi connectivity index (χ1v) is 8.50. The summed E-state index contributed by atoms with van der Waals surface area (Å²) in [5.41, 5.74) is 2.55. The minimum absolute atomic E-state index is 0.196. The number of benzene rings is 2. The van der Waals surface area contributed by atoms with E-state index in [1.54, 1.807) is 6.07 Å². The average Bonchev–Trinajstić information content (AvgIpc) is 2.63. The summed E-state index contributed by atoms with van der Waals surface area (Å²) in [5.74, 6) is -0.404. The van der Waals surface area contributed by atoms with E-state index in [9.17, 15) is 9.59 Å². The number of halogens is 1. The van der Waals surface area contributed by atoms with Crippen molar-refractivity contribution in [2.24, 2.45) is 0 Å². The molecule has 2 aromatic carbocycles. The Morgan fingerprint density at radius 1 is 1.20 bits per heavy atom. The highest BCUT2D eigenvalue weighted by atomic mass is 35.5. The maximum Gasteiger partial charge on any atom is 0.252 e. The van der Waals surface area contributed by atoms with Crippen LogP contribution in [0.4, 0.5) is 0 Å². The van der Waals surface area contributed by atoms with Gasteiger partial charge in [-0.2, -0.15) is 0 Å². The zero-order valence-corrected chi connectivity index (χ0v) is 14.4. The van der Waals surface area contributed by atoms with Gasteiger partial charge in [-0.3, -0.25) is 9.59 Å². The lowest BCUT2D eigenvalue weighted by atomic mass is 9.95. The summed E-state index contributed by atoms with van der Waals surface area (Å²) < 4.78 is 5.53. The van der Waals surface area contributed by atoms with Crippen LogP contribution in [0.25, 0.3) is 0 Å². The van der Waals surface area contributed by atoms with Crippen LogP contribution in [-0.2, 0) is 22.6 Å². The van der Waals surface area contributed by atoms with Crippen LogP contribution < -0.4 is 10.6 Å². The summed E-state index contributed by atoms with van der Waals surface area (Å²) in [6.45, 7) is 1.24. The second-order valence-electron chi connectivity index (χ2n) is 5.86. The summed E-state index contributed by atoms with van der Waals surface area (Å²) in [4.78, 5) is 24.3. The second-order valence-corrected chi connectivity index (χ2v) is 6.29. The molecule has 1 unspecified atom stereocenters. The van der Waals surface area contributed by atoms with Crippen LogP contribution in [0.3, 0.4) is 0 Å². The van der Waals surface area contributed by atoms with Gasteiger partial charge in [0.05, 0.1) is 13.2 Å². The van der Waals surface area contributed by atoms with E-state index in [1.165, 1.54) is 0 Å². The monoisotopic (exact) mass is 358 g/mol. The fourth-order valence-electron chi connectivity index (χ4n) is 2.73. The van der Waals surface area contributed by atoms with E-state index in [1.807, 2.05) is 42.5 Å². The van der Waals surface area contributed by atoms with Crippen LogP contribution in [0.2, 0.25) is 5.02 Å². The predicted octanol–water partition coefficient (Wildman–Crippen LogP) is 2.33. The lowest BCUT2D eigenvalue weighted by Gasteiger charge is -2.24. The first-order chi connectivity index (χ1) is 12.1. The van der Waals surface area contributed by atoms with Crippen LogP contribution in [0, 0.1) is 0 Å². The lowest BCUT2D eigenvalue weighted by molar-refractivity contribution is -0.123. The van der Waals surface area contributed by atoms with Gasteiger partial charge < -0.3 is 15.4 Å². The van der Waals surface area contributed by atoms with Crippen LogP contribution >= 0.6 is 11.6 Å². The molecule has 2 aromatic rings. The number of rotatable bonds is 6. The van der Waals surface area contributed by atoms with Crippen molar-refractivity contribution in [3.63, 3.8) is 0 Å². The molecule has 0 radical (unpaired) electrons. The number of hydrogen-bond donors (Lipinski definition) is 2. The molecule has 1 aliphatic heterocycles. The summed E-state index contributed by atoms with van der Waals surface area (Å²) in [7, 11) is 0. The van der Waals surface area contributed by atoms with E-state index in [-0.39, 0.29) is 11.8 Å². The van der Waals surface area contributed by atoms with E-state index in [0.717, 1.165) is 11.1 Å². The average molecular weight is 359 g/mol. The third-order valence-corrected chi connectivity index (χ3v) is 4.29. The standard InChI is InChI=1S/C19H19ClN2O3/c20-15-7-5-13(6-8-15)12-25-10-9-21-19(24)17-11-14-3-1-2-4-16(14)18(23)22-17/h1-8,17H,9-12H2,(H,21,24)(H,22,23). The lowest BCUT2D eigenvalue weighted by Crippen LogP contribution is -2.51. The van der Waals surface area contributed by atoms with Crippen molar-refractivity contribution in [2.45, 2.75) is 19.1 Å². The highest BCUT2D eigenvalue weighted by molar-refractivity contribution is 6.30. The topological polar surface area (TPSA) is 67.4 Å². The highest BCUT2D eigenvalue weighted by Crippen LogP contribution is 2.16. The molecule has 0 aliphatic carbocycles. The van der Waals surface area contributed by atoms with E-state index < -0.39 is 6.04 Å². The SMILES string of the molecule is O=C1NC(C(=O)NCCOCc2ccc(Cl)cc2)Cc2ccccc21. The molecule has 0 fully saturated rings. The molecule has 0 aromatic heterocycles. The van der Waals surface area contributed by atoms with Crippen molar-refractivity contribution in [3.05, 3.63) is 70.2 Å². The maximum absolute atomic E-state index is 12.2. The summed E-state index contributed by atoms with van der Waals surface area (Å²) in [6.07, 6.45) is 0.499. The Balaban J connectivity index is 1.41. The van der Waals surface area contributed by atoms with Crippen molar-refractivity contribution in [2.75, 3.05) is 13.2 Å². The van der Waals surface area contributed by atoms with Gasteiger partial charge in [-0.15, -0.1) is 0 Å². The summed E-state index contributed by atoms with van der Waals surface area (Å²) in [5, 5.41) is 6.23. The number of carbonyl (C=O) groups excluding carboxylic acids is 2. The zero-order valence-electron chi connectivity index (χ0n) is 13.6. The van der Waals surface area contributed by atoms with E-state index in [0.29, 0.717) is 36.8 Å². The highest BCUT2D eigenvalue weighted by Gasteiger charge is 2.28. The molecule has 3 rings (SSSR count). The second kappa shape index (κ2) is 8.14. The smallest absolute Gasteiger partial charge is 0.252 e. The van der Waals surface area contributed by atoms with Gasteiger partial charge in [-0.25, -0.2) is 0 Å². The van der Waals surface area contributed by atoms with Gasteiger partial charge in [0.15, 0.2) is 0 Å². The maximum atomic E-state index is 12.2. The molecular formula is C19H19ClN2O3. The van der Waals surface area contributed by atoms with Gasteiger partial charge in [0.25, 0.3) is 5.91 Å². The predicted molar refractivity (Wildman–Crippen MR) is 95.5 cm³/mol. The van der Waals surface area contributed by atoms with Crippen molar-refractivity contribution in [3.8, 4) is 0 Å². The van der Waals surface area contributed by atoms with Crippen LogP contribution in [-0.4, -0.2) is 31.0 Å². The zero-order chi connectivity index (χ0) is 17.6. The third kappa shape index (κ3) is 4.59. The van der Waals surface area contributed by atoms with Crippen molar-refractivity contribution >= 4 is 23.4 Å². The number of hydrogen-bond acceptors (Lipinski definition) is 3. The van der Waals surface area contributed by atoms with Crippen molar-refractivity contribution in [1.29, 1.82) is 0 Å². The molecule has 1 aliphatic rings. The largest absolute Gasteiger partial charge is 0.375 e. The first-order valence-electron chi connectivity index (χ1n) is 8.12. The van der Waals surface area contributed by atoms with Gasteiger partial charge >= 0.3 is 0 Å². The normalized spacial score (nSPS) is 16.0. The Labute approximate surface area is 151 Å². The Morgan fingerprint density at radius 3 is 2.76 bits per heavy atom. The van der Waals surface area contributed by atoms with Crippen molar-refractivity contribution < 1.29 is 14.3 Å². The Bertz CT molecular complexity index is 762. The minimum Gasteiger partial charge on any atom is -0.375 e. The van der Waals surface area contributed by atoms with Crippen LogP contribution in [0.5, 0.6) is 0 Å². The molecule has 25 heavy (non-hydrogen) atoms. The van der Waals surface area contributed by atoms with Gasteiger partial charge in [0.1, 0.15) is 6.04 Å². The van der Waals surface area contributed by atoms with Crippen LogP contribution in [0.1, 0.15) is 21.5 Å². The third-order valence-electron chi connectivity index (χ3n) is 4.04. The molecule has 0 saturated carbocycles. The molecule has 2 amide bonds. The fraction of sp³-hybridized carbons (Fsp3) is 0.263. The number of nitrogens with one attached hydrogen (secondary N) is 2. The van der Waals surface area contributed by atoms with E-state index >= 15 is 0 Å². The Morgan fingerprint density at radius 2 is 1.96 bits per heavy atom. The Kier molecular flexibility index (Phi) is 5.68. The Hall–Kier alpha value is -2.37. The molecule has 2 N–H and O–H groups in total. The number of carbonyl (C=O) groups is 2. The molecule has 1 heterocycles. The van der Waals surface area contributed by atoms with Gasteiger partial charge in [0.2, 0.25) is 5.91 Å². The molecule has 130 valence electrons. The van der Waals surface area contributed by atoms with E-state index in [4.69, 9.17) is 16.3 Å². The quantitative estimate of drug-likeness (QED) is 0.779. The molecule has 5 nitrogen and oxygen atoms in total. The number of fused-ring (bicyclic) bond motifs is 1. The number of amides is 2. The van der Waals surface area contributed by atoms with Crippen molar-refractivity contribution in [1.82, 2.24) is 10.6 Å². The minimum atomic E-state index is -0.543. The van der Waals surface area contributed by atoms with Crippen LogP contribution in [0.15, 0.2) is 48.5 Å². The number of ether oxygens (including phenoxy) is 1.